The maximum absolute atomic E-state index is 10.4. The summed E-state index contributed by atoms with van der Waals surface area (Å²) >= 11 is 0. The van der Waals surface area contributed by atoms with Gasteiger partial charge in [-0.1, -0.05) is 0 Å². The SMILES string of the molecule is CCOC(=O)NSS(=O)(=O)O. The Morgan fingerprint density at radius 1 is 1.73 bits per heavy atom. The van der Waals surface area contributed by atoms with Crippen molar-refractivity contribution in [2.75, 3.05) is 6.61 Å². The summed E-state index contributed by atoms with van der Waals surface area (Å²) in [6.45, 7) is 1.70. The smallest absolute Gasteiger partial charge is 0.418 e. The summed E-state index contributed by atoms with van der Waals surface area (Å²) in [7, 11) is -4.35. The number of carbonyl (C=O) groups excluding carboxylic acids is 1. The fourth-order valence-electron chi connectivity index (χ4n) is 0.247. The molecule has 0 aliphatic carbocycles. The minimum Gasteiger partial charge on any atom is -0.449 e. The Morgan fingerprint density at radius 3 is 2.64 bits per heavy atom. The van der Waals surface area contributed by atoms with Crippen LogP contribution < -0.4 is 4.72 Å². The lowest BCUT2D eigenvalue weighted by Gasteiger charge is -2.00. The molecule has 0 aromatic heterocycles. The molecule has 0 fully saturated rings. The Balaban J connectivity index is 3.64. The van der Waals surface area contributed by atoms with E-state index in [4.69, 9.17) is 4.55 Å². The lowest BCUT2D eigenvalue weighted by molar-refractivity contribution is 0.159. The number of nitrogens with one attached hydrogen (secondary N) is 1. The zero-order chi connectivity index (χ0) is 8.91. The Kier molecular flexibility index (Phi) is 4.23. The molecule has 0 aliphatic rings. The number of hydrogen-bond acceptors (Lipinski definition) is 5. The molecule has 0 radical (unpaired) electrons. The molecule has 11 heavy (non-hydrogen) atoms. The Labute approximate surface area is 67.6 Å². The molecule has 8 heteroatoms. The van der Waals surface area contributed by atoms with E-state index in [1.807, 2.05) is 0 Å². The van der Waals surface area contributed by atoms with E-state index in [0.29, 0.717) is 0 Å². The molecular formula is C3H7NO5S2. The summed E-state index contributed by atoms with van der Waals surface area (Å²) < 4.78 is 34.1. The molecule has 0 aliphatic heterocycles. The zero-order valence-electron chi connectivity index (χ0n) is 5.60. The molecule has 0 saturated heterocycles. The van der Waals surface area contributed by atoms with Crippen molar-refractivity contribution < 1.29 is 22.5 Å². The standard InChI is InChI=1S/C3H7NO5S2/c1-2-9-3(5)4-10-11(6,7)8/h2H2,1H3,(H,4,5)(H,6,7,8). The lowest BCUT2D eigenvalue weighted by atomic mass is 10.9. The Bertz CT molecular complexity index is 222. The number of hydrogen-bond donors (Lipinski definition) is 2. The van der Waals surface area contributed by atoms with Crippen molar-refractivity contribution in [1.82, 2.24) is 4.72 Å². The quantitative estimate of drug-likeness (QED) is 0.384. The fraction of sp³-hybridized carbons (Fsp3) is 0.667. The van der Waals surface area contributed by atoms with Gasteiger partial charge in [0, 0.05) is 0 Å². The minimum absolute atomic E-state index is 0.115. The van der Waals surface area contributed by atoms with Crippen molar-refractivity contribution in [2.45, 2.75) is 6.92 Å². The van der Waals surface area contributed by atoms with Crippen LogP contribution in [0, 0.1) is 0 Å². The second-order valence-corrected chi connectivity index (χ2v) is 4.32. The molecule has 0 aromatic rings. The summed E-state index contributed by atoms with van der Waals surface area (Å²) in [5.41, 5.74) is 0. The molecule has 0 aromatic carbocycles. The van der Waals surface area contributed by atoms with Crippen molar-refractivity contribution >= 4 is 26.2 Å². The number of amides is 1. The van der Waals surface area contributed by atoms with Gasteiger partial charge in [0.05, 0.1) is 6.61 Å². The molecule has 2 N–H and O–H groups in total. The van der Waals surface area contributed by atoms with E-state index in [1.54, 1.807) is 11.6 Å². The predicted molar refractivity (Wildman–Crippen MR) is 39.3 cm³/mol. The number of rotatable bonds is 3. The average molecular weight is 201 g/mol. The lowest BCUT2D eigenvalue weighted by Crippen LogP contribution is -2.18. The van der Waals surface area contributed by atoms with Gasteiger partial charge in [-0.3, -0.25) is 4.55 Å². The van der Waals surface area contributed by atoms with Crippen molar-refractivity contribution in [2.24, 2.45) is 0 Å². The topological polar surface area (TPSA) is 92.7 Å². The third kappa shape index (κ3) is 7.43. The second-order valence-electron chi connectivity index (χ2n) is 1.33. The summed E-state index contributed by atoms with van der Waals surface area (Å²) in [4.78, 5) is 10.4. The van der Waals surface area contributed by atoms with Gasteiger partial charge >= 0.3 is 15.2 Å². The highest BCUT2D eigenvalue weighted by Crippen LogP contribution is 2.02. The van der Waals surface area contributed by atoms with E-state index < -0.39 is 15.2 Å². The molecule has 0 rings (SSSR count). The van der Waals surface area contributed by atoms with Crippen LogP contribution >= 0.6 is 11.0 Å². The second kappa shape index (κ2) is 4.42. The Morgan fingerprint density at radius 2 is 2.27 bits per heavy atom. The summed E-state index contributed by atoms with van der Waals surface area (Å²) in [5.74, 6) is 0. The van der Waals surface area contributed by atoms with Crippen molar-refractivity contribution in [3.05, 3.63) is 0 Å². The first-order chi connectivity index (χ1) is 4.95. The highest BCUT2D eigenvalue weighted by Gasteiger charge is 2.08. The molecule has 0 bridgehead atoms. The summed E-state index contributed by atoms with van der Waals surface area (Å²) in [5, 5.41) is 0. The van der Waals surface area contributed by atoms with Gasteiger partial charge in [0.15, 0.2) is 0 Å². The van der Waals surface area contributed by atoms with Crippen LogP contribution in [0.1, 0.15) is 6.92 Å². The van der Waals surface area contributed by atoms with E-state index in [9.17, 15) is 13.2 Å². The van der Waals surface area contributed by atoms with Crippen molar-refractivity contribution in [3.8, 4) is 0 Å². The van der Waals surface area contributed by atoms with Crippen molar-refractivity contribution in [3.63, 3.8) is 0 Å². The van der Waals surface area contributed by atoms with Gasteiger partial charge in [-0.15, -0.1) is 0 Å². The van der Waals surface area contributed by atoms with Gasteiger partial charge < -0.3 is 4.74 Å². The maximum atomic E-state index is 10.4. The minimum atomic E-state index is -4.23. The van der Waals surface area contributed by atoms with E-state index in [-0.39, 0.29) is 17.6 Å². The molecule has 0 saturated carbocycles. The van der Waals surface area contributed by atoms with Crippen LogP contribution in [-0.4, -0.2) is 25.7 Å². The monoisotopic (exact) mass is 201 g/mol. The first-order valence-corrected chi connectivity index (χ1v) is 5.31. The van der Waals surface area contributed by atoms with Gasteiger partial charge in [0.25, 0.3) is 0 Å². The first-order valence-electron chi connectivity index (χ1n) is 2.54. The molecule has 0 atom stereocenters. The molecule has 0 heterocycles. The van der Waals surface area contributed by atoms with Crippen LogP contribution in [0.15, 0.2) is 0 Å². The van der Waals surface area contributed by atoms with Crippen LogP contribution in [0.4, 0.5) is 4.79 Å². The number of ether oxygens (including phenoxy) is 1. The number of carbonyl (C=O) groups is 1. The molecule has 1 amide bonds. The van der Waals surface area contributed by atoms with Gasteiger partial charge in [0.2, 0.25) is 0 Å². The first kappa shape index (κ1) is 10.5. The summed E-state index contributed by atoms with van der Waals surface area (Å²) in [6, 6.07) is 0. The summed E-state index contributed by atoms with van der Waals surface area (Å²) in [6.07, 6.45) is -0.907. The third-order valence-corrected chi connectivity index (χ3v) is 1.85. The molecule has 6 nitrogen and oxygen atoms in total. The van der Waals surface area contributed by atoms with Crippen LogP contribution in [0.25, 0.3) is 0 Å². The fourth-order valence-corrected chi connectivity index (χ4v) is 1.000. The predicted octanol–water partition coefficient (Wildman–Crippen LogP) is 0.184. The van der Waals surface area contributed by atoms with Gasteiger partial charge in [-0.2, -0.15) is 8.42 Å². The molecule has 0 spiro atoms. The van der Waals surface area contributed by atoms with Gasteiger partial charge in [-0.25, -0.2) is 9.52 Å². The van der Waals surface area contributed by atoms with Crippen LogP contribution in [0.2, 0.25) is 0 Å². The Hall–Kier alpha value is -0.470. The van der Waals surface area contributed by atoms with Crippen molar-refractivity contribution in [1.29, 1.82) is 0 Å². The van der Waals surface area contributed by atoms with Crippen LogP contribution in [0.5, 0.6) is 0 Å². The average Bonchev–Trinajstić information content (AvgIpc) is 1.83. The maximum Gasteiger partial charge on any atom is 0.418 e. The van der Waals surface area contributed by atoms with Crippen LogP contribution in [-0.2, 0) is 13.9 Å². The van der Waals surface area contributed by atoms with E-state index in [1.165, 1.54) is 0 Å². The highest BCUT2D eigenvalue weighted by atomic mass is 33.2. The molecule has 66 valence electrons. The molecule has 0 unspecified atom stereocenters. The largest absolute Gasteiger partial charge is 0.449 e. The van der Waals surface area contributed by atoms with Crippen LogP contribution in [0.3, 0.4) is 0 Å². The normalized spacial score (nSPS) is 10.7. The van der Waals surface area contributed by atoms with E-state index in [2.05, 4.69) is 4.74 Å². The molecular weight excluding hydrogens is 194 g/mol. The van der Waals surface area contributed by atoms with E-state index >= 15 is 0 Å². The van der Waals surface area contributed by atoms with Gasteiger partial charge in [-0.05, 0) is 6.92 Å². The third-order valence-electron chi connectivity index (χ3n) is 0.506. The highest BCUT2D eigenvalue weighted by molar-refractivity contribution is 8.69. The van der Waals surface area contributed by atoms with Gasteiger partial charge in [0.1, 0.15) is 11.0 Å². The zero-order valence-corrected chi connectivity index (χ0v) is 7.24. The van der Waals surface area contributed by atoms with E-state index in [0.717, 1.165) is 0 Å².